The molecule has 0 radical (unpaired) electrons. The van der Waals surface area contributed by atoms with Crippen LogP contribution in [0.15, 0.2) is 42.9 Å². The molecule has 0 unspecified atom stereocenters. The lowest BCUT2D eigenvalue weighted by atomic mass is 10.3. The zero-order valence-corrected chi connectivity index (χ0v) is 9.15. The van der Waals surface area contributed by atoms with Crippen LogP contribution in [0.4, 0.5) is 0 Å². The van der Waals surface area contributed by atoms with Crippen molar-refractivity contribution in [3.8, 4) is 11.6 Å². The molecule has 0 amide bonds. The van der Waals surface area contributed by atoms with Crippen LogP contribution in [-0.4, -0.2) is 15.0 Å². The monoisotopic (exact) mass is 231 g/mol. The fourth-order valence-corrected chi connectivity index (χ4v) is 1.27. The normalized spacial score (nSPS) is 9.75. The summed E-state index contributed by atoms with van der Waals surface area (Å²) in [5.41, 5.74) is 6.24. The molecule has 0 atom stereocenters. The minimum Gasteiger partial charge on any atom is -0.437 e. The van der Waals surface area contributed by atoms with Crippen LogP contribution in [0.5, 0.6) is 11.6 Å². The maximum Gasteiger partial charge on any atom is 0.219 e. The molecule has 0 aliphatic heterocycles. The number of nitrogens with two attached hydrogens (primary N) is 1. The van der Waals surface area contributed by atoms with E-state index in [1.165, 1.54) is 0 Å². The summed E-state index contributed by atoms with van der Waals surface area (Å²) in [5.74, 6) is 1.06. The van der Waals surface area contributed by atoms with E-state index in [4.69, 9.17) is 22.7 Å². The molecule has 80 valence electrons. The van der Waals surface area contributed by atoms with Crippen molar-refractivity contribution in [1.82, 2.24) is 9.97 Å². The first-order valence-electron chi connectivity index (χ1n) is 4.59. The van der Waals surface area contributed by atoms with Crippen molar-refractivity contribution < 1.29 is 4.74 Å². The molecule has 0 spiro atoms. The lowest BCUT2D eigenvalue weighted by Gasteiger charge is -2.04. The molecule has 2 aromatic heterocycles. The quantitative estimate of drug-likeness (QED) is 0.817. The second kappa shape index (κ2) is 4.67. The Kier molecular flexibility index (Phi) is 3.07. The van der Waals surface area contributed by atoms with E-state index in [-0.39, 0.29) is 0 Å². The first kappa shape index (κ1) is 10.5. The van der Waals surface area contributed by atoms with Gasteiger partial charge in [-0.3, -0.25) is 4.98 Å². The highest BCUT2D eigenvalue weighted by Gasteiger charge is 2.01. The molecule has 2 rings (SSSR count). The van der Waals surface area contributed by atoms with Gasteiger partial charge in [0.2, 0.25) is 5.88 Å². The number of rotatable bonds is 3. The van der Waals surface area contributed by atoms with E-state index < -0.39 is 0 Å². The Bertz CT molecular complexity index is 502. The first-order chi connectivity index (χ1) is 7.75. The van der Waals surface area contributed by atoms with Gasteiger partial charge in [0.1, 0.15) is 10.7 Å². The SMILES string of the molecule is NC(=S)c1ccnc(Oc2cccnc2)c1. The standard InChI is InChI=1S/C11H9N3OS/c12-11(16)8-3-5-14-10(6-8)15-9-2-1-4-13-7-9/h1-7H,(H2,12,16). The summed E-state index contributed by atoms with van der Waals surface area (Å²) in [6, 6.07) is 7.00. The molecule has 0 saturated carbocycles. The topological polar surface area (TPSA) is 61.0 Å². The van der Waals surface area contributed by atoms with Crippen LogP contribution >= 0.6 is 12.2 Å². The summed E-state index contributed by atoms with van der Waals surface area (Å²) in [6.07, 6.45) is 4.88. The van der Waals surface area contributed by atoms with Crippen molar-refractivity contribution in [2.75, 3.05) is 0 Å². The van der Waals surface area contributed by atoms with Crippen molar-refractivity contribution in [3.63, 3.8) is 0 Å². The average Bonchev–Trinajstić information content (AvgIpc) is 2.30. The Balaban J connectivity index is 2.22. The van der Waals surface area contributed by atoms with E-state index >= 15 is 0 Å². The van der Waals surface area contributed by atoms with Gasteiger partial charge in [-0.25, -0.2) is 4.98 Å². The third-order valence-electron chi connectivity index (χ3n) is 1.88. The fourth-order valence-electron chi connectivity index (χ4n) is 1.15. The number of thiocarbonyl (C=S) groups is 1. The summed E-state index contributed by atoms with van der Waals surface area (Å²) < 4.78 is 5.48. The largest absolute Gasteiger partial charge is 0.437 e. The minimum absolute atomic E-state index is 0.318. The average molecular weight is 231 g/mol. The maximum absolute atomic E-state index is 5.51. The molecular weight excluding hydrogens is 222 g/mol. The molecule has 4 nitrogen and oxygen atoms in total. The highest BCUT2D eigenvalue weighted by Crippen LogP contribution is 2.18. The van der Waals surface area contributed by atoms with Gasteiger partial charge in [-0.05, 0) is 18.2 Å². The van der Waals surface area contributed by atoms with E-state index in [1.807, 2.05) is 0 Å². The van der Waals surface area contributed by atoms with Gasteiger partial charge in [0.15, 0.2) is 0 Å². The molecular formula is C11H9N3OS. The highest BCUT2D eigenvalue weighted by atomic mass is 32.1. The molecule has 0 fully saturated rings. The second-order valence-electron chi connectivity index (χ2n) is 3.04. The Hall–Kier alpha value is -2.01. The third kappa shape index (κ3) is 2.52. The predicted molar refractivity (Wildman–Crippen MR) is 64.4 cm³/mol. The van der Waals surface area contributed by atoms with Gasteiger partial charge in [0, 0.05) is 24.0 Å². The molecule has 2 N–H and O–H groups in total. The Morgan fingerprint density at radius 1 is 1.31 bits per heavy atom. The molecule has 0 saturated heterocycles. The van der Waals surface area contributed by atoms with Crippen molar-refractivity contribution in [1.29, 1.82) is 0 Å². The number of ether oxygens (including phenoxy) is 1. The zero-order valence-electron chi connectivity index (χ0n) is 8.33. The Labute approximate surface area is 98.1 Å². The smallest absolute Gasteiger partial charge is 0.219 e. The molecule has 2 aromatic rings. The number of hydrogen-bond acceptors (Lipinski definition) is 4. The number of nitrogens with zero attached hydrogens (tertiary/aromatic N) is 2. The van der Waals surface area contributed by atoms with Crippen LogP contribution in [0.25, 0.3) is 0 Å². The number of aromatic nitrogens is 2. The summed E-state index contributed by atoms with van der Waals surface area (Å²) in [5, 5.41) is 0. The van der Waals surface area contributed by atoms with Gasteiger partial charge in [-0.15, -0.1) is 0 Å². The van der Waals surface area contributed by atoms with E-state index in [0.717, 1.165) is 5.56 Å². The van der Waals surface area contributed by atoms with Crippen LogP contribution in [0.2, 0.25) is 0 Å². The van der Waals surface area contributed by atoms with Gasteiger partial charge in [0.05, 0.1) is 6.20 Å². The van der Waals surface area contributed by atoms with Gasteiger partial charge in [0.25, 0.3) is 0 Å². The van der Waals surface area contributed by atoms with Gasteiger partial charge in [-0.1, -0.05) is 12.2 Å². The number of hydrogen-bond donors (Lipinski definition) is 1. The highest BCUT2D eigenvalue weighted by molar-refractivity contribution is 7.80. The van der Waals surface area contributed by atoms with Crippen molar-refractivity contribution in [3.05, 3.63) is 48.4 Å². The predicted octanol–water partition coefficient (Wildman–Crippen LogP) is 1.90. The van der Waals surface area contributed by atoms with Crippen LogP contribution < -0.4 is 10.5 Å². The van der Waals surface area contributed by atoms with E-state index in [2.05, 4.69) is 9.97 Å². The number of pyridine rings is 2. The Morgan fingerprint density at radius 3 is 2.88 bits per heavy atom. The van der Waals surface area contributed by atoms with Gasteiger partial charge >= 0.3 is 0 Å². The summed E-state index contributed by atoms with van der Waals surface area (Å²) >= 11 is 4.87. The second-order valence-corrected chi connectivity index (χ2v) is 3.48. The van der Waals surface area contributed by atoms with E-state index in [0.29, 0.717) is 16.6 Å². The maximum atomic E-state index is 5.51. The van der Waals surface area contributed by atoms with Crippen LogP contribution in [0, 0.1) is 0 Å². The van der Waals surface area contributed by atoms with Crippen molar-refractivity contribution in [2.24, 2.45) is 5.73 Å². The van der Waals surface area contributed by atoms with E-state index in [9.17, 15) is 0 Å². The minimum atomic E-state index is 0.318. The zero-order chi connectivity index (χ0) is 11.4. The lowest BCUT2D eigenvalue weighted by Crippen LogP contribution is -2.09. The summed E-state index contributed by atoms with van der Waals surface area (Å²) in [7, 11) is 0. The van der Waals surface area contributed by atoms with Gasteiger partial charge in [-0.2, -0.15) is 0 Å². The first-order valence-corrected chi connectivity index (χ1v) is 5.00. The third-order valence-corrected chi connectivity index (χ3v) is 2.11. The lowest BCUT2D eigenvalue weighted by molar-refractivity contribution is 0.460. The molecule has 0 aliphatic rings. The molecule has 0 aliphatic carbocycles. The van der Waals surface area contributed by atoms with Crippen LogP contribution in [-0.2, 0) is 0 Å². The molecule has 5 heteroatoms. The molecule has 0 bridgehead atoms. The Morgan fingerprint density at radius 2 is 2.19 bits per heavy atom. The van der Waals surface area contributed by atoms with Crippen molar-refractivity contribution >= 4 is 17.2 Å². The van der Waals surface area contributed by atoms with Crippen LogP contribution in [0.3, 0.4) is 0 Å². The van der Waals surface area contributed by atoms with Gasteiger partial charge < -0.3 is 10.5 Å². The van der Waals surface area contributed by atoms with Crippen molar-refractivity contribution in [2.45, 2.75) is 0 Å². The molecule has 0 aromatic carbocycles. The fraction of sp³-hybridized carbons (Fsp3) is 0. The summed E-state index contributed by atoms with van der Waals surface area (Å²) in [4.78, 5) is 8.31. The van der Waals surface area contributed by atoms with E-state index in [1.54, 1.807) is 42.9 Å². The summed E-state index contributed by atoms with van der Waals surface area (Å²) in [6.45, 7) is 0. The van der Waals surface area contributed by atoms with Crippen LogP contribution in [0.1, 0.15) is 5.56 Å². The molecule has 16 heavy (non-hydrogen) atoms. The molecule has 2 heterocycles.